The molecule has 0 spiro atoms. The summed E-state index contributed by atoms with van der Waals surface area (Å²) in [6.07, 6.45) is 2.07. The number of piperidine rings is 1. The van der Waals surface area contributed by atoms with Crippen LogP contribution in [0.25, 0.3) is 0 Å². The van der Waals surface area contributed by atoms with Crippen molar-refractivity contribution in [3.63, 3.8) is 0 Å². The van der Waals surface area contributed by atoms with Crippen LogP contribution in [0.4, 0.5) is 0 Å². The lowest BCUT2D eigenvalue weighted by Crippen LogP contribution is -2.47. The van der Waals surface area contributed by atoms with Crippen molar-refractivity contribution in [3.8, 4) is 0 Å². The monoisotopic (exact) mass is 289 g/mol. The van der Waals surface area contributed by atoms with Gasteiger partial charge in [0.1, 0.15) is 0 Å². The van der Waals surface area contributed by atoms with E-state index in [4.69, 9.17) is 5.73 Å². The number of rotatable bonds is 5. The van der Waals surface area contributed by atoms with Gasteiger partial charge in [-0.05, 0) is 24.9 Å². The van der Waals surface area contributed by atoms with Gasteiger partial charge >= 0.3 is 0 Å². The molecule has 21 heavy (non-hydrogen) atoms. The molecule has 1 aromatic carbocycles. The molecule has 1 amide bonds. The first-order chi connectivity index (χ1) is 10.1. The van der Waals surface area contributed by atoms with Crippen LogP contribution in [-0.4, -0.2) is 36.5 Å². The number of likely N-dealkylation sites (tertiary alicyclic amines) is 1. The quantitative estimate of drug-likeness (QED) is 0.870. The molecule has 0 radical (unpaired) electrons. The zero-order chi connectivity index (χ0) is 15.2. The average Bonchev–Trinajstić information content (AvgIpc) is 2.55. The van der Waals surface area contributed by atoms with Gasteiger partial charge < -0.3 is 16.0 Å². The van der Waals surface area contributed by atoms with E-state index in [2.05, 4.69) is 17.1 Å². The zero-order valence-corrected chi connectivity index (χ0v) is 13.1. The van der Waals surface area contributed by atoms with Crippen molar-refractivity contribution in [2.75, 3.05) is 19.6 Å². The minimum Gasteiger partial charge on any atom is -0.353 e. The van der Waals surface area contributed by atoms with E-state index in [1.165, 1.54) is 0 Å². The van der Waals surface area contributed by atoms with Crippen molar-refractivity contribution in [1.82, 2.24) is 10.2 Å². The zero-order valence-electron chi connectivity index (χ0n) is 13.1. The van der Waals surface area contributed by atoms with E-state index in [0.29, 0.717) is 6.04 Å². The van der Waals surface area contributed by atoms with Crippen LogP contribution < -0.4 is 11.1 Å². The van der Waals surface area contributed by atoms with E-state index in [0.717, 1.165) is 38.0 Å². The summed E-state index contributed by atoms with van der Waals surface area (Å²) < 4.78 is 0. The van der Waals surface area contributed by atoms with E-state index in [1.807, 2.05) is 37.3 Å². The number of benzene rings is 1. The van der Waals surface area contributed by atoms with Crippen molar-refractivity contribution >= 4 is 5.91 Å². The van der Waals surface area contributed by atoms with Crippen LogP contribution in [-0.2, 0) is 4.79 Å². The van der Waals surface area contributed by atoms with Gasteiger partial charge in [-0.1, -0.05) is 44.2 Å². The molecule has 3 N–H and O–H groups in total. The van der Waals surface area contributed by atoms with Crippen LogP contribution in [0, 0.1) is 5.92 Å². The Hall–Kier alpha value is -1.39. The second kappa shape index (κ2) is 7.57. The Morgan fingerprint density at radius 3 is 2.52 bits per heavy atom. The number of hydrogen-bond donors (Lipinski definition) is 2. The SMILES string of the molecule is CCN1CCC(NC(=O)C(C)C(N)c2ccccc2)CC1. The Morgan fingerprint density at radius 2 is 1.95 bits per heavy atom. The highest BCUT2D eigenvalue weighted by Gasteiger charge is 2.25. The van der Waals surface area contributed by atoms with Crippen molar-refractivity contribution < 1.29 is 4.79 Å². The standard InChI is InChI=1S/C17H27N3O/c1-3-20-11-9-15(10-12-20)19-17(21)13(2)16(18)14-7-5-4-6-8-14/h4-8,13,15-16H,3,9-12,18H2,1-2H3,(H,19,21). The molecular weight excluding hydrogens is 262 g/mol. The highest BCUT2D eigenvalue weighted by Crippen LogP contribution is 2.20. The number of amides is 1. The van der Waals surface area contributed by atoms with Crippen LogP contribution in [0.15, 0.2) is 30.3 Å². The van der Waals surface area contributed by atoms with Crippen molar-refractivity contribution in [1.29, 1.82) is 0 Å². The number of nitrogens with one attached hydrogen (secondary N) is 1. The van der Waals surface area contributed by atoms with Crippen LogP contribution in [0.2, 0.25) is 0 Å². The first-order valence-corrected chi connectivity index (χ1v) is 7.95. The molecule has 116 valence electrons. The highest BCUT2D eigenvalue weighted by molar-refractivity contribution is 5.79. The molecule has 0 aliphatic carbocycles. The predicted molar refractivity (Wildman–Crippen MR) is 85.8 cm³/mol. The molecule has 1 saturated heterocycles. The third kappa shape index (κ3) is 4.29. The Morgan fingerprint density at radius 1 is 1.33 bits per heavy atom. The molecule has 1 aliphatic rings. The third-order valence-electron chi connectivity index (χ3n) is 4.52. The first-order valence-electron chi connectivity index (χ1n) is 7.95. The summed E-state index contributed by atoms with van der Waals surface area (Å²) >= 11 is 0. The van der Waals surface area contributed by atoms with Gasteiger partial charge in [-0.3, -0.25) is 4.79 Å². The second-order valence-corrected chi connectivity index (χ2v) is 5.94. The maximum Gasteiger partial charge on any atom is 0.224 e. The molecule has 0 bridgehead atoms. The maximum atomic E-state index is 12.4. The summed E-state index contributed by atoms with van der Waals surface area (Å²) in [5, 5.41) is 3.17. The molecule has 0 aromatic heterocycles. The predicted octanol–water partition coefficient (Wildman–Crippen LogP) is 1.92. The normalized spacial score (nSPS) is 20.0. The number of carbonyl (C=O) groups excluding carboxylic acids is 1. The van der Waals surface area contributed by atoms with Gasteiger partial charge in [-0.25, -0.2) is 0 Å². The summed E-state index contributed by atoms with van der Waals surface area (Å²) in [5.74, 6) is -0.141. The van der Waals surface area contributed by atoms with Crippen molar-refractivity contribution in [3.05, 3.63) is 35.9 Å². The van der Waals surface area contributed by atoms with Gasteiger partial charge in [0.15, 0.2) is 0 Å². The summed E-state index contributed by atoms with van der Waals surface area (Å²) in [4.78, 5) is 14.8. The van der Waals surface area contributed by atoms with Gasteiger partial charge in [0.25, 0.3) is 0 Å². The summed E-state index contributed by atoms with van der Waals surface area (Å²) in [6, 6.07) is 9.89. The summed E-state index contributed by atoms with van der Waals surface area (Å²) in [6.45, 7) is 7.32. The third-order valence-corrected chi connectivity index (χ3v) is 4.52. The molecule has 4 nitrogen and oxygen atoms in total. The lowest BCUT2D eigenvalue weighted by atomic mass is 9.94. The Balaban J connectivity index is 1.85. The van der Waals surface area contributed by atoms with Crippen LogP contribution in [0.5, 0.6) is 0 Å². The summed E-state index contributed by atoms with van der Waals surface area (Å²) in [7, 11) is 0. The molecule has 1 fully saturated rings. The minimum atomic E-state index is -0.248. The average molecular weight is 289 g/mol. The van der Waals surface area contributed by atoms with Gasteiger partial charge in [0.05, 0.1) is 5.92 Å². The summed E-state index contributed by atoms with van der Waals surface area (Å²) in [5.41, 5.74) is 7.23. The fraction of sp³-hybridized carbons (Fsp3) is 0.588. The lowest BCUT2D eigenvalue weighted by Gasteiger charge is -2.32. The smallest absolute Gasteiger partial charge is 0.224 e. The van der Waals surface area contributed by atoms with Gasteiger partial charge in [-0.2, -0.15) is 0 Å². The highest BCUT2D eigenvalue weighted by atomic mass is 16.2. The Bertz CT molecular complexity index is 441. The van der Waals surface area contributed by atoms with Gasteiger partial charge in [0, 0.05) is 25.2 Å². The van der Waals surface area contributed by atoms with Gasteiger partial charge in [0.2, 0.25) is 5.91 Å². The topological polar surface area (TPSA) is 58.4 Å². The van der Waals surface area contributed by atoms with Gasteiger partial charge in [-0.15, -0.1) is 0 Å². The fourth-order valence-electron chi connectivity index (χ4n) is 2.85. The lowest BCUT2D eigenvalue weighted by molar-refractivity contribution is -0.126. The molecule has 1 aliphatic heterocycles. The number of nitrogens with two attached hydrogens (primary N) is 1. The van der Waals surface area contributed by atoms with Crippen molar-refractivity contribution in [2.45, 2.75) is 38.8 Å². The largest absolute Gasteiger partial charge is 0.353 e. The van der Waals surface area contributed by atoms with Crippen molar-refractivity contribution in [2.24, 2.45) is 11.7 Å². The minimum absolute atomic E-state index is 0.0706. The molecule has 2 rings (SSSR count). The molecule has 1 aromatic rings. The van der Waals surface area contributed by atoms with Crippen LogP contribution in [0.3, 0.4) is 0 Å². The van der Waals surface area contributed by atoms with Crippen LogP contribution >= 0.6 is 0 Å². The fourth-order valence-corrected chi connectivity index (χ4v) is 2.85. The molecule has 0 saturated carbocycles. The number of hydrogen-bond acceptors (Lipinski definition) is 3. The molecule has 2 unspecified atom stereocenters. The number of nitrogens with zero attached hydrogens (tertiary/aromatic N) is 1. The van der Waals surface area contributed by atoms with E-state index in [9.17, 15) is 4.79 Å². The first kappa shape index (κ1) is 16.0. The molecule has 2 atom stereocenters. The second-order valence-electron chi connectivity index (χ2n) is 5.94. The Labute approximate surface area is 127 Å². The number of carbonyl (C=O) groups is 1. The molecule has 1 heterocycles. The molecule has 4 heteroatoms. The van der Waals surface area contributed by atoms with E-state index < -0.39 is 0 Å². The van der Waals surface area contributed by atoms with Crippen LogP contribution in [0.1, 0.15) is 38.3 Å². The molecular formula is C17H27N3O. The van der Waals surface area contributed by atoms with E-state index >= 15 is 0 Å². The van der Waals surface area contributed by atoms with E-state index in [-0.39, 0.29) is 17.9 Å². The van der Waals surface area contributed by atoms with E-state index in [1.54, 1.807) is 0 Å². The Kier molecular flexibility index (Phi) is 5.76. The maximum absolute atomic E-state index is 12.4.